The fourth-order valence-electron chi connectivity index (χ4n) is 2.05. The van der Waals surface area contributed by atoms with Gasteiger partial charge in [0, 0.05) is 5.92 Å². The van der Waals surface area contributed by atoms with Gasteiger partial charge in [-0.15, -0.1) is 0 Å². The summed E-state index contributed by atoms with van der Waals surface area (Å²) < 4.78 is 12.2. The Morgan fingerprint density at radius 2 is 1.76 bits per heavy atom. The van der Waals surface area contributed by atoms with Crippen molar-refractivity contribution in [3.05, 3.63) is 0 Å². The molecule has 0 aromatic rings. The molecule has 102 valence electrons. The Morgan fingerprint density at radius 3 is 2.12 bits per heavy atom. The molecule has 0 aromatic heterocycles. The Balaban J connectivity index is 2.75. The van der Waals surface area contributed by atoms with Crippen LogP contribution in [0.1, 0.15) is 34.6 Å². The lowest BCUT2D eigenvalue weighted by Gasteiger charge is -2.40. The Kier molecular flexibility index (Phi) is 4.45. The van der Waals surface area contributed by atoms with Gasteiger partial charge in [-0.1, -0.05) is 27.7 Å². The summed E-state index contributed by atoms with van der Waals surface area (Å²) in [5.74, 6) is 0.268. The first-order chi connectivity index (χ1) is 7.60. The van der Waals surface area contributed by atoms with E-state index in [2.05, 4.69) is 40.8 Å². The van der Waals surface area contributed by atoms with Gasteiger partial charge in [0.1, 0.15) is 0 Å². The van der Waals surface area contributed by atoms with Crippen LogP contribution in [0.5, 0.6) is 0 Å². The predicted molar refractivity (Wildman–Crippen MR) is 72.7 cm³/mol. The smallest absolute Gasteiger partial charge is 0.192 e. The van der Waals surface area contributed by atoms with E-state index in [0.29, 0.717) is 0 Å². The van der Waals surface area contributed by atoms with Crippen LogP contribution in [0, 0.1) is 5.92 Å². The van der Waals surface area contributed by atoms with Gasteiger partial charge in [-0.25, -0.2) is 0 Å². The molecule has 1 rings (SSSR count). The topological polar surface area (TPSA) is 38.7 Å². The van der Waals surface area contributed by atoms with Crippen LogP contribution in [-0.4, -0.2) is 38.3 Å². The second kappa shape index (κ2) is 5.00. The normalized spacial score (nSPS) is 35.3. The van der Waals surface area contributed by atoms with Crippen LogP contribution in [0.4, 0.5) is 0 Å². The number of hydrogen-bond donors (Lipinski definition) is 1. The molecule has 1 N–H and O–H groups in total. The molecule has 1 fully saturated rings. The number of ether oxygens (including phenoxy) is 1. The standard InChI is InChI=1S/C13H28O3Si/c1-9-11(8-14)15-10(2)12(9)16-17(6,7)13(3,4)5/h9-12,14H,8H2,1-7H3/t9-,10-,11+,12?/m0/s1. The van der Waals surface area contributed by atoms with Gasteiger partial charge >= 0.3 is 0 Å². The highest BCUT2D eigenvalue weighted by Crippen LogP contribution is 2.40. The molecule has 0 aliphatic carbocycles. The van der Waals surface area contributed by atoms with E-state index in [1.54, 1.807) is 0 Å². The highest BCUT2D eigenvalue weighted by atomic mass is 28.4. The zero-order valence-electron chi connectivity index (χ0n) is 12.3. The molecule has 4 atom stereocenters. The summed E-state index contributed by atoms with van der Waals surface area (Å²) >= 11 is 0. The molecule has 1 aliphatic heterocycles. The Morgan fingerprint density at radius 1 is 1.24 bits per heavy atom. The minimum Gasteiger partial charge on any atom is -0.411 e. The molecule has 4 heteroatoms. The minimum absolute atomic E-state index is 0.0697. The van der Waals surface area contributed by atoms with Gasteiger partial charge in [0.15, 0.2) is 8.32 Å². The third-order valence-corrected chi connectivity index (χ3v) is 8.85. The summed E-state index contributed by atoms with van der Waals surface area (Å²) in [5.41, 5.74) is 0. The SMILES string of the molecule is C[C@@H]1O[C@H](CO)[C@H](C)C1O[Si](C)(C)C(C)(C)C. The van der Waals surface area contributed by atoms with Crippen molar-refractivity contribution in [3.63, 3.8) is 0 Å². The lowest BCUT2D eigenvalue weighted by molar-refractivity contribution is -0.000349. The van der Waals surface area contributed by atoms with E-state index < -0.39 is 8.32 Å². The van der Waals surface area contributed by atoms with Crippen LogP contribution in [-0.2, 0) is 9.16 Å². The highest BCUT2D eigenvalue weighted by molar-refractivity contribution is 6.74. The van der Waals surface area contributed by atoms with E-state index in [-0.39, 0.29) is 35.9 Å². The second-order valence-corrected chi connectivity index (χ2v) is 11.5. The van der Waals surface area contributed by atoms with Crippen LogP contribution < -0.4 is 0 Å². The lowest BCUT2D eigenvalue weighted by Crippen LogP contribution is -2.47. The molecule has 0 bridgehead atoms. The first-order valence-electron chi connectivity index (χ1n) is 6.54. The summed E-state index contributed by atoms with van der Waals surface area (Å²) in [6.07, 6.45) is 0.129. The lowest BCUT2D eigenvalue weighted by atomic mass is 10.00. The maximum absolute atomic E-state index is 9.26. The summed E-state index contributed by atoms with van der Waals surface area (Å²) in [5, 5.41) is 9.47. The molecule has 1 unspecified atom stereocenters. The monoisotopic (exact) mass is 260 g/mol. The first kappa shape index (κ1) is 15.2. The van der Waals surface area contributed by atoms with Gasteiger partial charge in [-0.2, -0.15) is 0 Å². The third-order valence-electron chi connectivity index (χ3n) is 4.37. The Bertz CT molecular complexity index is 260. The van der Waals surface area contributed by atoms with Crippen molar-refractivity contribution >= 4 is 8.32 Å². The van der Waals surface area contributed by atoms with E-state index >= 15 is 0 Å². The van der Waals surface area contributed by atoms with Gasteiger partial charge in [0.05, 0.1) is 24.9 Å². The van der Waals surface area contributed by atoms with E-state index in [1.807, 2.05) is 6.92 Å². The molecule has 0 radical (unpaired) electrons. The molecule has 1 saturated heterocycles. The van der Waals surface area contributed by atoms with Gasteiger partial charge < -0.3 is 14.3 Å². The summed E-state index contributed by atoms with van der Waals surface area (Å²) in [7, 11) is -1.76. The Labute approximate surface area is 107 Å². The zero-order valence-corrected chi connectivity index (χ0v) is 13.3. The molecule has 17 heavy (non-hydrogen) atoms. The molecular formula is C13H28O3Si. The van der Waals surface area contributed by atoms with Crippen LogP contribution in [0.3, 0.4) is 0 Å². The molecule has 0 aromatic carbocycles. The van der Waals surface area contributed by atoms with Gasteiger partial charge in [0.2, 0.25) is 0 Å². The second-order valence-electron chi connectivity index (χ2n) is 6.76. The average Bonchev–Trinajstić information content (AvgIpc) is 2.43. The highest BCUT2D eigenvalue weighted by Gasteiger charge is 2.46. The average molecular weight is 260 g/mol. The van der Waals surface area contributed by atoms with E-state index in [9.17, 15) is 5.11 Å². The van der Waals surface area contributed by atoms with E-state index in [1.165, 1.54) is 0 Å². The maximum atomic E-state index is 9.26. The largest absolute Gasteiger partial charge is 0.411 e. The van der Waals surface area contributed by atoms with Crippen molar-refractivity contribution in [3.8, 4) is 0 Å². The van der Waals surface area contributed by atoms with E-state index in [4.69, 9.17) is 9.16 Å². The molecular weight excluding hydrogens is 232 g/mol. The maximum Gasteiger partial charge on any atom is 0.192 e. The van der Waals surface area contributed by atoms with Crippen molar-refractivity contribution in [1.82, 2.24) is 0 Å². The zero-order chi connectivity index (χ0) is 13.4. The fourth-order valence-corrected chi connectivity index (χ4v) is 3.49. The van der Waals surface area contributed by atoms with Crippen molar-refractivity contribution in [1.29, 1.82) is 0 Å². The molecule has 1 aliphatic rings. The summed E-state index contributed by atoms with van der Waals surface area (Å²) in [6.45, 7) is 15.5. The van der Waals surface area contributed by atoms with Crippen molar-refractivity contribution in [2.75, 3.05) is 6.61 Å². The van der Waals surface area contributed by atoms with Crippen molar-refractivity contribution in [2.45, 2.75) is 71.1 Å². The van der Waals surface area contributed by atoms with Crippen LogP contribution >= 0.6 is 0 Å². The molecule has 0 saturated carbocycles. The van der Waals surface area contributed by atoms with Gasteiger partial charge in [-0.05, 0) is 25.1 Å². The third kappa shape index (κ3) is 3.11. The number of aliphatic hydroxyl groups is 1. The quantitative estimate of drug-likeness (QED) is 0.793. The number of aliphatic hydroxyl groups excluding tert-OH is 1. The van der Waals surface area contributed by atoms with E-state index in [0.717, 1.165) is 0 Å². The molecule has 0 amide bonds. The first-order valence-corrected chi connectivity index (χ1v) is 9.45. The minimum atomic E-state index is -1.76. The molecule has 1 heterocycles. The Hall–Kier alpha value is 0.0969. The fraction of sp³-hybridized carbons (Fsp3) is 1.00. The van der Waals surface area contributed by atoms with Gasteiger partial charge in [0.25, 0.3) is 0 Å². The summed E-state index contributed by atoms with van der Waals surface area (Å²) in [6, 6.07) is 0. The van der Waals surface area contributed by atoms with Gasteiger partial charge in [-0.3, -0.25) is 0 Å². The van der Waals surface area contributed by atoms with Crippen LogP contribution in [0.25, 0.3) is 0 Å². The van der Waals surface area contributed by atoms with Crippen molar-refractivity contribution in [2.24, 2.45) is 5.92 Å². The molecule has 3 nitrogen and oxygen atoms in total. The molecule has 0 spiro atoms. The number of rotatable bonds is 3. The van der Waals surface area contributed by atoms with Crippen molar-refractivity contribution < 1.29 is 14.3 Å². The number of hydrogen-bond acceptors (Lipinski definition) is 3. The summed E-state index contributed by atoms with van der Waals surface area (Å²) in [4.78, 5) is 0. The predicted octanol–water partition coefficient (Wildman–Crippen LogP) is 2.79. The van der Waals surface area contributed by atoms with Crippen LogP contribution in [0.15, 0.2) is 0 Å². The van der Waals surface area contributed by atoms with Crippen LogP contribution in [0.2, 0.25) is 18.1 Å².